The second-order valence-electron chi connectivity index (χ2n) is 4.72. The molecule has 1 aliphatic heterocycles. The van der Waals surface area contributed by atoms with E-state index in [9.17, 15) is 9.59 Å². The molecule has 1 saturated heterocycles. The van der Waals surface area contributed by atoms with Gasteiger partial charge in [-0.15, -0.1) is 11.8 Å². The van der Waals surface area contributed by atoms with Gasteiger partial charge in [0.25, 0.3) is 0 Å². The van der Waals surface area contributed by atoms with Gasteiger partial charge in [0.1, 0.15) is 0 Å². The summed E-state index contributed by atoms with van der Waals surface area (Å²) in [6.07, 6.45) is 0.566. The Hall–Kier alpha value is -1.49. The van der Waals surface area contributed by atoms with E-state index in [-0.39, 0.29) is 5.91 Å². The number of rotatable bonds is 4. The average molecular weight is 279 g/mol. The van der Waals surface area contributed by atoms with Gasteiger partial charge >= 0.3 is 5.97 Å². The standard InChI is InChI=1S/C14H17NO3S/c1-10-4-2-3-5-12(10)19-9-13(16)15-7-6-11(8-15)14(17)18/h2-5,11H,6-9H2,1H3,(H,17,18). The van der Waals surface area contributed by atoms with Crippen molar-refractivity contribution in [1.82, 2.24) is 4.90 Å². The van der Waals surface area contributed by atoms with Crippen molar-refractivity contribution >= 4 is 23.6 Å². The molecule has 19 heavy (non-hydrogen) atoms. The number of thioether (sulfide) groups is 1. The molecule has 0 bridgehead atoms. The maximum absolute atomic E-state index is 12.0. The van der Waals surface area contributed by atoms with Crippen LogP contribution in [0.1, 0.15) is 12.0 Å². The van der Waals surface area contributed by atoms with Gasteiger partial charge in [-0.25, -0.2) is 0 Å². The molecule has 4 nitrogen and oxygen atoms in total. The lowest BCUT2D eigenvalue weighted by atomic mass is 10.1. The highest BCUT2D eigenvalue weighted by Crippen LogP contribution is 2.23. The van der Waals surface area contributed by atoms with Crippen LogP contribution >= 0.6 is 11.8 Å². The molecule has 1 N–H and O–H groups in total. The monoisotopic (exact) mass is 279 g/mol. The van der Waals surface area contributed by atoms with E-state index in [2.05, 4.69) is 0 Å². The van der Waals surface area contributed by atoms with Crippen LogP contribution in [0.4, 0.5) is 0 Å². The fourth-order valence-electron chi connectivity index (χ4n) is 2.14. The summed E-state index contributed by atoms with van der Waals surface area (Å²) >= 11 is 1.51. The number of aliphatic carboxylic acids is 1. The molecular formula is C14H17NO3S. The first-order valence-corrected chi connectivity index (χ1v) is 7.25. The third-order valence-corrected chi connectivity index (χ3v) is 4.50. The van der Waals surface area contributed by atoms with E-state index in [0.717, 1.165) is 10.5 Å². The highest BCUT2D eigenvalue weighted by molar-refractivity contribution is 8.00. The van der Waals surface area contributed by atoms with E-state index >= 15 is 0 Å². The molecule has 1 atom stereocenters. The molecule has 1 aromatic carbocycles. The molecule has 0 aliphatic carbocycles. The zero-order valence-electron chi connectivity index (χ0n) is 10.8. The van der Waals surface area contributed by atoms with Crippen LogP contribution in [0.25, 0.3) is 0 Å². The Morgan fingerprint density at radius 1 is 1.42 bits per heavy atom. The zero-order chi connectivity index (χ0) is 13.8. The molecule has 1 heterocycles. The number of carboxylic acids is 1. The van der Waals surface area contributed by atoms with Crippen molar-refractivity contribution in [2.75, 3.05) is 18.8 Å². The van der Waals surface area contributed by atoms with E-state index < -0.39 is 11.9 Å². The maximum Gasteiger partial charge on any atom is 0.308 e. The Balaban J connectivity index is 1.86. The number of carbonyl (C=O) groups excluding carboxylic acids is 1. The van der Waals surface area contributed by atoms with Crippen molar-refractivity contribution < 1.29 is 14.7 Å². The van der Waals surface area contributed by atoms with E-state index in [1.165, 1.54) is 11.8 Å². The van der Waals surface area contributed by atoms with Crippen molar-refractivity contribution in [2.24, 2.45) is 5.92 Å². The van der Waals surface area contributed by atoms with Crippen molar-refractivity contribution in [3.8, 4) is 0 Å². The van der Waals surface area contributed by atoms with Gasteiger partial charge in [-0.3, -0.25) is 9.59 Å². The molecule has 0 radical (unpaired) electrons. The zero-order valence-corrected chi connectivity index (χ0v) is 11.7. The predicted octanol–water partition coefficient (Wildman–Crippen LogP) is 2.02. The normalized spacial score (nSPS) is 18.6. The van der Waals surface area contributed by atoms with E-state index in [1.807, 2.05) is 31.2 Å². The van der Waals surface area contributed by atoms with Crippen LogP contribution in [0.15, 0.2) is 29.2 Å². The molecule has 1 fully saturated rings. The molecule has 1 aliphatic rings. The molecule has 102 valence electrons. The van der Waals surface area contributed by atoms with Crippen LogP contribution in [0, 0.1) is 12.8 Å². The van der Waals surface area contributed by atoms with Crippen LogP contribution in [-0.2, 0) is 9.59 Å². The first-order chi connectivity index (χ1) is 9.08. The van der Waals surface area contributed by atoms with Crippen LogP contribution in [0.3, 0.4) is 0 Å². The Labute approximate surface area is 116 Å². The minimum Gasteiger partial charge on any atom is -0.481 e. The fourth-order valence-corrected chi connectivity index (χ4v) is 3.07. The van der Waals surface area contributed by atoms with Gasteiger partial charge in [0, 0.05) is 18.0 Å². The van der Waals surface area contributed by atoms with Gasteiger partial charge in [-0.2, -0.15) is 0 Å². The Morgan fingerprint density at radius 2 is 2.16 bits per heavy atom. The van der Waals surface area contributed by atoms with E-state index in [1.54, 1.807) is 4.90 Å². The summed E-state index contributed by atoms with van der Waals surface area (Å²) in [5, 5.41) is 8.91. The number of benzene rings is 1. The molecule has 1 unspecified atom stereocenters. The van der Waals surface area contributed by atoms with Gasteiger partial charge in [0.05, 0.1) is 11.7 Å². The second-order valence-corrected chi connectivity index (χ2v) is 5.73. The van der Waals surface area contributed by atoms with Crippen molar-refractivity contribution in [3.63, 3.8) is 0 Å². The highest BCUT2D eigenvalue weighted by Gasteiger charge is 2.30. The fraction of sp³-hybridized carbons (Fsp3) is 0.429. The molecule has 1 amide bonds. The molecular weight excluding hydrogens is 262 g/mol. The first kappa shape index (κ1) is 13.9. The molecule has 0 spiro atoms. The largest absolute Gasteiger partial charge is 0.481 e. The van der Waals surface area contributed by atoms with E-state index in [4.69, 9.17) is 5.11 Å². The van der Waals surface area contributed by atoms with Gasteiger partial charge < -0.3 is 10.0 Å². The Morgan fingerprint density at radius 3 is 2.79 bits per heavy atom. The minimum atomic E-state index is -0.804. The predicted molar refractivity (Wildman–Crippen MR) is 74.2 cm³/mol. The molecule has 0 saturated carbocycles. The summed E-state index contributed by atoms with van der Waals surface area (Å²) in [4.78, 5) is 25.6. The topological polar surface area (TPSA) is 57.6 Å². The maximum atomic E-state index is 12.0. The summed E-state index contributed by atoms with van der Waals surface area (Å²) in [5.41, 5.74) is 1.16. The summed E-state index contributed by atoms with van der Waals surface area (Å²) in [6, 6.07) is 7.94. The Bertz CT molecular complexity index is 489. The number of carbonyl (C=O) groups is 2. The third-order valence-electron chi connectivity index (χ3n) is 3.33. The number of hydrogen-bond donors (Lipinski definition) is 1. The van der Waals surface area contributed by atoms with Gasteiger partial charge in [0.2, 0.25) is 5.91 Å². The number of carboxylic acid groups (broad SMARTS) is 1. The Kier molecular flexibility index (Phi) is 4.47. The summed E-state index contributed by atoms with van der Waals surface area (Å²) in [5.74, 6) is -0.803. The number of nitrogens with zero attached hydrogens (tertiary/aromatic N) is 1. The summed E-state index contributed by atoms with van der Waals surface area (Å²) in [7, 11) is 0. The van der Waals surface area contributed by atoms with Gasteiger partial charge in [0.15, 0.2) is 0 Å². The number of hydrogen-bond acceptors (Lipinski definition) is 3. The lowest BCUT2D eigenvalue weighted by molar-refractivity contribution is -0.141. The van der Waals surface area contributed by atoms with Crippen LogP contribution in [0.5, 0.6) is 0 Å². The average Bonchev–Trinajstić information content (AvgIpc) is 2.87. The van der Waals surface area contributed by atoms with Crippen LogP contribution in [-0.4, -0.2) is 40.7 Å². The molecule has 1 aromatic rings. The van der Waals surface area contributed by atoms with Gasteiger partial charge in [-0.05, 0) is 25.0 Å². The number of amides is 1. The molecule has 2 rings (SSSR count). The van der Waals surface area contributed by atoms with Crippen LogP contribution < -0.4 is 0 Å². The lowest BCUT2D eigenvalue weighted by Crippen LogP contribution is -2.31. The smallest absolute Gasteiger partial charge is 0.308 e. The van der Waals surface area contributed by atoms with Crippen LogP contribution in [0.2, 0.25) is 0 Å². The van der Waals surface area contributed by atoms with E-state index in [0.29, 0.717) is 25.3 Å². The molecule has 5 heteroatoms. The number of aryl methyl sites for hydroxylation is 1. The van der Waals surface area contributed by atoms with Crippen molar-refractivity contribution in [2.45, 2.75) is 18.2 Å². The SMILES string of the molecule is Cc1ccccc1SCC(=O)N1CCC(C(=O)O)C1. The third kappa shape index (κ3) is 3.50. The minimum absolute atomic E-state index is 0.0250. The first-order valence-electron chi connectivity index (χ1n) is 6.27. The van der Waals surface area contributed by atoms with Gasteiger partial charge in [-0.1, -0.05) is 18.2 Å². The second kappa shape index (κ2) is 6.10. The molecule has 0 aromatic heterocycles. The lowest BCUT2D eigenvalue weighted by Gasteiger charge is -2.15. The number of likely N-dealkylation sites (tertiary alicyclic amines) is 1. The quantitative estimate of drug-likeness (QED) is 0.857. The highest BCUT2D eigenvalue weighted by atomic mass is 32.2. The van der Waals surface area contributed by atoms with Crippen molar-refractivity contribution in [1.29, 1.82) is 0 Å². The summed E-state index contributed by atoms with van der Waals surface area (Å²) in [6.45, 7) is 2.93. The summed E-state index contributed by atoms with van der Waals surface area (Å²) < 4.78 is 0. The van der Waals surface area contributed by atoms with Crippen molar-refractivity contribution in [3.05, 3.63) is 29.8 Å².